The Morgan fingerprint density at radius 3 is 2.56 bits per heavy atom. The Balaban J connectivity index is 1.76. The third-order valence-electron chi connectivity index (χ3n) is 4.81. The van der Waals surface area contributed by atoms with Crippen molar-refractivity contribution in [2.45, 2.75) is 33.6 Å². The van der Waals surface area contributed by atoms with Crippen LogP contribution in [0.1, 0.15) is 39.4 Å². The summed E-state index contributed by atoms with van der Waals surface area (Å²) in [5, 5.41) is 19.1. The molecule has 1 aromatic heterocycles. The summed E-state index contributed by atoms with van der Waals surface area (Å²) in [6.45, 7) is 7.65. The van der Waals surface area contributed by atoms with Crippen molar-refractivity contribution in [1.29, 1.82) is 0 Å². The second kappa shape index (κ2) is 5.98. The number of carboxylic acid groups (broad SMARTS) is 1. The lowest BCUT2D eigenvalue weighted by Crippen LogP contribution is -2.17. The first-order valence-corrected chi connectivity index (χ1v) is 8.28. The van der Waals surface area contributed by atoms with Gasteiger partial charge in [-0.2, -0.15) is 5.10 Å². The fourth-order valence-electron chi connectivity index (χ4n) is 3.21. The lowest BCUT2D eigenvalue weighted by atomic mass is 10.1. The molecule has 1 aliphatic carbocycles. The first-order chi connectivity index (χ1) is 11.7. The van der Waals surface area contributed by atoms with Crippen molar-refractivity contribution < 1.29 is 14.7 Å². The molecule has 2 atom stereocenters. The number of anilines is 1. The largest absolute Gasteiger partial charge is 0.481 e. The number of hydrogen-bond donors (Lipinski definition) is 3. The molecule has 0 saturated heterocycles. The van der Waals surface area contributed by atoms with Crippen LogP contribution >= 0.6 is 0 Å². The van der Waals surface area contributed by atoms with Crippen LogP contribution in [0.5, 0.6) is 0 Å². The number of aliphatic carboxylic acids is 1. The standard InChI is InChI=1S/C18H22N4O3/c1-9(2)14-20-15(22-21-14)10-6-5-7-11(8-10)19-16(23)12-13(17(24)25)18(12,3)4/h5-9,12-13H,1-4H3,(H,19,23)(H,24,25)(H,20,21,22)/t12-,13+/m1/s1. The molecule has 0 unspecified atom stereocenters. The van der Waals surface area contributed by atoms with E-state index in [9.17, 15) is 14.7 Å². The Bertz CT molecular complexity index is 825. The number of carbonyl (C=O) groups is 2. The minimum Gasteiger partial charge on any atom is -0.481 e. The number of rotatable bonds is 5. The first-order valence-electron chi connectivity index (χ1n) is 8.28. The van der Waals surface area contributed by atoms with E-state index in [1.807, 2.05) is 26.0 Å². The molecule has 2 aromatic rings. The van der Waals surface area contributed by atoms with Gasteiger partial charge in [0.1, 0.15) is 5.82 Å². The average molecular weight is 342 g/mol. The second-order valence-electron chi connectivity index (χ2n) is 7.38. The van der Waals surface area contributed by atoms with Gasteiger partial charge in [-0.1, -0.05) is 39.8 Å². The molecule has 3 rings (SSSR count). The lowest BCUT2D eigenvalue weighted by Gasteiger charge is -2.07. The number of carbonyl (C=O) groups excluding carboxylic acids is 1. The van der Waals surface area contributed by atoms with Gasteiger partial charge < -0.3 is 10.4 Å². The maximum atomic E-state index is 12.4. The van der Waals surface area contributed by atoms with Crippen molar-refractivity contribution in [3.63, 3.8) is 0 Å². The summed E-state index contributed by atoms with van der Waals surface area (Å²) in [5.74, 6) is -0.757. The van der Waals surface area contributed by atoms with Gasteiger partial charge in [0, 0.05) is 17.2 Å². The summed E-state index contributed by atoms with van der Waals surface area (Å²) in [5.41, 5.74) is 0.861. The average Bonchev–Trinajstić information content (AvgIpc) is 2.91. The number of hydrogen-bond acceptors (Lipinski definition) is 4. The van der Waals surface area contributed by atoms with Gasteiger partial charge in [0.15, 0.2) is 5.82 Å². The van der Waals surface area contributed by atoms with E-state index in [0.717, 1.165) is 11.4 Å². The molecule has 7 nitrogen and oxygen atoms in total. The minimum atomic E-state index is -0.930. The summed E-state index contributed by atoms with van der Waals surface area (Å²) in [4.78, 5) is 28.1. The van der Waals surface area contributed by atoms with Crippen LogP contribution in [0.2, 0.25) is 0 Å². The smallest absolute Gasteiger partial charge is 0.307 e. The van der Waals surface area contributed by atoms with E-state index in [-0.39, 0.29) is 11.8 Å². The van der Waals surface area contributed by atoms with Gasteiger partial charge in [-0.15, -0.1) is 0 Å². The number of nitrogens with one attached hydrogen (secondary N) is 2. The Hall–Kier alpha value is -2.70. The number of nitrogens with zero attached hydrogens (tertiary/aromatic N) is 2. The molecular formula is C18H22N4O3. The topological polar surface area (TPSA) is 108 Å². The maximum absolute atomic E-state index is 12.4. The Morgan fingerprint density at radius 2 is 2.00 bits per heavy atom. The summed E-state index contributed by atoms with van der Waals surface area (Å²) >= 11 is 0. The summed E-state index contributed by atoms with van der Waals surface area (Å²) in [6.07, 6.45) is 0. The molecule has 3 N–H and O–H groups in total. The molecule has 1 saturated carbocycles. The summed E-state index contributed by atoms with van der Waals surface area (Å²) < 4.78 is 0. The maximum Gasteiger partial charge on any atom is 0.307 e. The highest BCUT2D eigenvalue weighted by molar-refractivity contribution is 6.00. The third kappa shape index (κ3) is 3.14. The van der Waals surface area contributed by atoms with E-state index in [1.165, 1.54) is 0 Å². The molecule has 132 valence electrons. The van der Waals surface area contributed by atoms with Crippen LogP contribution in [0.15, 0.2) is 24.3 Å². The molecule has 0 radical (unpaired) electrons. The molecule has 0 aliphatic heterocycles. The molecule has 1 amide bonds. The highest BCUT2D eigenvalue weighted by atomic mass is 16.4. The fraction of sp³-hybridized carbons (Fsp3) is 0.444. The minimum absolute atomic E-state index is 0.245. The molecule has 0 spiro atoms. The quantitative estimate of drug-likeness (QED) is 0.774. The molecule has 1 heterocycles. The van der Waals surface area contributed by atoms with Gasteiger partial charge >= 0.3 is 5.97 Å². The highest BCUT2D eigenvalue weighted by Crippen LogP contribution is 2.58. The normalized spacial score (nSPS) is 21.2. The molecule has 1 fully saturated rings. The van der Waals surface area contributed by atoms with Crippen LogP contribution in [0.25, 0.3) is 11.4 Å². The molecule has 25 heavy (non-hydrogen) atoms. The highest BCUT2D eigenvalue weighted by Gasteiger charge is 2.65. The van der Waals surface area contributed by atoms with Crippen LogP contribution < -0.4 is 5.32 Å². The third-order valence-corrected chi connectivity index (χ3v) is 4.81. The Kier molecular flexibility index (Phi) is 4.10. The molecule has 7 heteroatoms. The van der Waals surface area contributed by atoms with E-state index >= 15 is 0 Å². The zero-order valence-electron chi connectivity index (χ0n) is 14.7. The van der Waals surface area contributed by atoms with Crippen LogP contribution in [-0.4, -0.2) is 32.2 Å². The van der Waals surface area contributed by atoms with E-state index in [4.69, 9.17) is 0 Å². The van der Waals surface area contributed by atoms with E-state index in [0.29, 0.717) is 11.5 Å². The van der Waals surface area contributed by atoms with Gasteiger partial charge in [0.25, 0.3) is 0 Å². The Morgan fingerprint density at radius 1 is 1.28 bits per heavy atom. The van der Waals surface area contributed by atoms with E-state index < -0.39 is 23.2 Å². The zero-order chi connectivity index (χ0) is 18.4. The summed E-state index contributed by atoms with van der Waals surface area (Å²) in [6, 6.07) is 7.23. The fourth-order valence-corrected chi connectivity index (χ4v) is 3.21. The number of aromatic nitrogens is 3. The van der Waals surface area contributed by atoms with E-state index in [2.05, 4.69) is 20.5 Å². The number of amides is 1. The van der Waals surface area contributed by atoms with Crippen molar-refractivity contribution in [3.8, 4) is 11.4 Å². The van der Waals surface area contributed by atoms with Crippen molar-refractivity contribution >= 4 is 17.6 Å². The van der Waals surface area contributed by atoms with Gasteiger partial charge in [0.05, 0.1) is 11.8 Å². The zero-order valence-corrected chi connectivity index (χ0v) is 14.7. The number of carboxylic acids is 1. The number of benzene rings is 1. The van der Waals surface area contributed by atoms with Crippen molar-refractivity contribution in [1.82, 2.24) is 15.2 Å². The van der Waals surface area contributed by atoms with Crippen LogP contribution in [0.4, 0.5) is 5.69 Å². The van der Waals surface area contributed by atoms with Crippen molar-refractivity contribution in [2.75, 3.05) is 5.32 Å². The molecule has 1 aromatic carbocycles. The second-order valence-corrected chi connectivity index (χ2v) is 7.38. The molecule has 1 aliphatic rings. The van der Waals surface area contributed by atoms with Crippen molar-refractivity contribution in [3.05, 3.63) is 30.1 Å². The van der Waals surface area contributed by atoms with E-state index in [1.54, 1.807) is 26.0 Å². The predicted molar refractivity (Wildman–Crippen MR) is 92.9 cm³/mol. The van der Waals surface area contributed by atoms with Gasteiger partial charge in [-0.25, -0.2) is 4.98 Å². The van der Waals surface area contributed by atoms with Gasteiger partial charge in [-0.05, 0) is 17.5 Å². The summed E-state index contributed by atoms with van der Waals surface area (Å²) in [7, 11) is 0. The van der Waals surface area contributed by atoms with Gasteiger partial charge in [-0.3, -0.25) is 14.7 Å². The van der Waals surface area contributed by atoms with Crippen molar-refractivity contribution in [2.24, 2.45) is 17.3 Å². The van der Waals surface area contributed by atoms with Crippen LogP contribution in [-0.2, 0) is 9.59 Å². The molecular weight excluding hydrogens is 320 g/mol. The number of aromatic amines is 1. The van der Waals surface area contributed by atoms with Crippen LogP contribution in [0.3, 0.4) is 0 Å². The number of H-pyrrole nitrogens is 1. The van der Waals surface area contributed by atoms with Crippen LogP contribution in [0, 0.1) is 17.3 Å². The Labute approximate surface area is 145 Å². The predicted octanol–water partition coefficient (Wildman–Crippen LogP) is 2.89. The SMILES string of the molecule is CC(C)c1nc(-c2cccc(NC(=O)[C@H]3[C@@H](C(=O)O)C3(C)C)c2)n[nH]1. The monoisotopic (exact) mass is 342 g/mol. The van der Waals surface area contributed by atoms with Gasteiger partial charge in [0.2, 0.25) is 5.91 Å². The molecule has 0 bridgehead atoms. The first kappa shape index (κ1) is 17.1. The lowest BCUT2D eigenvalue weighted by molar-refractivity contribution is -0.140.